The van der Waals surface area contributed by atoms with E-state index in [1.807, 2.05) is 31.2 Å². The second-order valence-corrected chi connectivity index (χ2v) is 5.34. The largest absolute Gasteiger partial charge is 0.388 e. The van der Waals surface area contributed by atoms with Crippen LogP contribution in [0.3, 0.4) is 0 Å². The van der Waals surface area contributed by atoms with E-state index in [-0.39, 0.29) is 5.56 Å². The lowest BCUT2D eigenvalue weighted by Crippen LogP contribution is -2.32. The molecule has 2 aromatic rings. The molecule has 0 spiro atoms. The van der Waals surface area contributed by atoms with Crippen LogP contribution >= 0.6 is 11.5 Å². The molecule has 3 nitrogen and oxygen atoms in total. The molecule has 0 aliphatic rings. The van der Waals surface area contributed by atoms with Gasteiger partial charge in [0.05, 0.1) is 22.2 Å². The Kier molecular flexibility index (Phi) is 2.86. The van der Waals surface area contributed by atoms with Crippen LogP contribution in [0.1, 0.15) is 20.3 Å². The number of aromatic nitrogens is 1. The molecule has 2 rings (SSSR count). The molecule has 1 N–H and O–H groups in total. The van der Waals surface area contributed by atoms with Crippen LogP contribution in [0, 0.1) is 0 Å². The van der Waals surface area contributed by atoms with E-state index < -0.39 is 5.60 Å². The maximum atomic E-state index is 12.0. The summed E-state index contributed by atoms with van der Waals surface area (Å²) < 4.78 is 2.60. The van der Waals surface area contributed by atoms with E-state index in [9.17, 15) is 9.90 Å². The zero-order valence-corrected chi connectivity index (χ0v) is 10.3. The minimum Gasteiger partial charge on any atom is -0.388 e. The molecule has 0 saturated heterocycles. The molecule has 0 bridgehead atoms. The monoisotopic (exact) mass is 237 g/mol. The fourth-order valence-corrected chi connectivity index (χ4v) is 2.70. The highest BCUT2D eigenvalue weighted by molar-refractivity contribution is 7.13. The molecule has 0 fully saturated rings. The van der Waals surface area contributed by atoms with Crippen LogP contribution < -0.4 is 5.56 Å². The van der Waals surface area contributed by atoms with E-state index in [4.69, 9.17) is 0 Å². The first-order chi connectivity index (χ1) is 7.53. The summed E-state index contributed by atoms with van der Waals surface area (Å²) in [6, 6.07) is 7.53. The zero-order chi connectivity index (χ0) is 11.8. The standard InChI is InChI=1S/C12H15NO2S/c1-3-12(2,15)8-13-11(14)9-6-4-5-7-10(9)16-13/h4-7,15H,3,8H2,1-2H3. The van der Waals surface area contributed by atoms with Gasteiger partial charge in [-0.2, -0.15) is 0 Å². The molecule has 1 atom stereocenters. The summed E-state index contributed by atoms with van der Waals surface area (Å²) in [7, 11) is 0. The van der Waals surface area contributed by atoms with E-state index in [0.29, 0.717) is 13.0 Å². The van der Waals surface area contributed by atoms with Crippen molar-refractivity contribution >= 4 is 21.6 Å². The average Bonchev–Trinajstić information content (AvgIpc) is 2.56. The van der Waals surface area contributed by atoms with Gasteiger partial charge >= 0.3 is 0 Å². The molecule has 1 aromatic carbocycles. The molecule has 4 heteroatoms. The maximum Gasteiger partial charge on any atom is 0.268 e. The van der Waals surface area contributed by atoms with Gasteiger partial charge in [-0.05, 0) is 25.5 Å². The molecule has 1 aromatic heterocycles. The lowest BCUT2D eigenvalue weighted by atomic mass is 10.0. The molecule has 0 radical (unpaired) electrons. The van der Waals surface area contributed by atoms with Crippen LogP contribution in [-0.2, 0) is 6.54 Å². The Balaban J connectivity index is 2.47. The lowest BCUT2D eigenvalue weighted by Gasteiger charge is -2.20. The minimum atomic E-state index is -0.815. The van der Waals surface area contributed by atoms with Gasteiger partial charge < -0.3 is 5.11 Å². The minimum absolute atomic E-state index is 0.00525. The summed E-state index contributed by atoms with van der Waals surface area (Å²) in [5, 5.41) is 10.7. The van der Waals surface area contributed by atoms with Crippen LogP contribution in [-0.4, -0.2) is 14.7 Å². The van der Waals surface area contributed by atoms with Gasteiger partial charge in [-0.1, -0.05) is 30.6 Å². The first-order valence-corrected chi connectivity index (χ1v) is 6.12. The average molecular weight is 237 g/mol. The fraction of sp³-hybridized carbons (Fsp3) is 0.417. The van der Waals surface area contributed by atoms with Crippen molar-refractivity contribution in [1.29, 1.82) is 0 Å². The lowest BCUT2D eigenvalue weighted by molar-refractivity contribution is 0.0401. The van der Waals surface area contributed by atoms with Crippen molar-refractivity contribution in [2.75, 3.05) is 0 Å². The van der Waals surface area contributed by atoms with Crippen LogP contribution in [0.15, 0.2) is 29.1 Å². The number of fused-ring (bicyclic) bond motifs is 1. The molecule has 0 aliphatic heterocycles. The highest BCUT2D eigenvalue weighted by Crippen LogP contribution is 2.19. The van der Waals surface area contributed by atoms with Crippen molar-refractivity contribution in [2.45, 2.75) is 32.4 Å². The second kappa shape index (κ2) is 4.03. The van der Waals surface area contributed by atoms with Crippen molar-refractivity contribution in [3.8, 4) is 0 Å². The van der Waals surface area contributed by atoms with Gasteiger partial charge in [-0.25, -0.2) is 0 Å². The van der Waals surface area contributed by atoms with Crippen LogP contribution in [0.4, 0.5) is 0 Å². The summed E-state index contributed by atoms with van der Waals surface area (Å²) in [5.41, 5.74) is -0.820. The van der Waals surface area contributed by atoms with Crippen molar-refractivity contribution in [3.05, 3.63) is 34.6 Å². The second-order valence-electron chi connectivity index (χ2n) is 4.28. The van der Waals surface area contributed by atoms with Gasteiger partial charge in [-0.15, -0.1) is 0 Å². The number of nitrogens with zero attached hydrogens (tertiary/aromatic N) is 1. The van der Waals surface area contributed by atoms with Crippen molar-refractivity contribution < 1.29 is 5.11 Å². The molecule has 1 heterocycles. The van der Waals surface area contributed by atoms with E-state index in [1.165, 1.54) is 11.5 Å². The van der Waals surface area contributed by atoms with E-state index >= 15 is 0 Å². The molecular formula is C12H15NO2S. The number of aliphatic hydroxyl groups is 1. The predicted octanol–water partition coefficient (Wildman–Crippen LogP) is 2.22. The summed E-state index contributed by atoms with van der Waals surface area (Å²) in [6.07, 6.45) is 0.633. The molecule has 0 amide bonds. The fourth-order valence-electron chi connectivity index (χ4n) is 1.54. The molecule has 0 aliphatic carbocycles. The van der Waals surface area contributed by atoms with Crippen LogP contribution in [0.2, 0.25) is 0 Å². The molecule has 16 heavy (non-hydrogen) atoms. The van der Waals surface area contributed by atoms with E-state index in [0.717, 1.165) is 10.1 Å². The first-order valence-electron chi connectivity index (χ1n) is 5.35. The van der Waals surface area contributed by atoms with Crippen molar-refractivity contribution in [3.63, 3.8) is 0 Å². The smallest absolute Gasteiger partial charge is 0.268 e. The highest BCUT2D eigenvalue weighted by atomic mass is 32.1. The van der Waals surface area contributed by atoms with Gasteiger partial charge in [0.25, 0.3) is 5.56 Å². The van der Waals surface area contributed by atoms with Gasteiger partial charge in [0.2, 0.25) is 0 Å². The van der Waals surface area contributed by atoms with E-state index in [1.54, 1.807) is 10.9 Å². The Labute approximate surface area is 98.1 Å². The third kappa shape index (κ3) is 2.03. The quantitative estimate of drug-likeness (QED) is 0.889. The molecule has 0 saturated carbocycles. The molecule has 86 valence electrons. The third-order valence-electron chi connectivity index (χ3n) is 2.80. The third-order valence-corrected chi connectivity index (χ3v) is 3.87. The number of hydrogen-bond acceptors (Lipinski definition) is 3. The summed E-state index contributed by atoms with van der Waals surface area (Å²) in [5.74, 6) is 0. The SMILES string of the molecule is CCC(C)(O)Cn1sc2ccccc2c1=O. The highest BCUT2D eigenvalue weighted by Gasteiger charge is 2.20. The van der Waals surface area contributed by atoms with Crippen LogP contribution in [0.25, 0.3) is 10.1 Å². The van der Waals surface area contributed by atoms with Gasteiger partial charge in [0.15, 0.2) is 0 Å². The van der Waals surface area contributed by atoms with Crippen LogP contribution in [0.5, 0.6) is 0 Å². The van der Waals surface area contributed by atoms with Gasteiger partial charge in [0.1, 0.15) is 0 Å². The Morgan fingerprint density at radius 3 is 2.75 bits per heavy atom. The molecule has 1 unspecified atom stereocenters. The number of hydrogen-bond donors (Lipinski definition) is 1. The molecular weight excluding hydrogens is 222 g/mol. The Morgan fingerprint density at radius 1 is 1.44 bits per heavy atom. The first kappa shape index (κ1) is 11.4. The van der Waals surface area contributed by atoms with E-state index in [2.05, 4.69) is 0 Å². The normalized spacial score (nSPS) is 15.2. The number of rotatable bonds is 3. The van der Waals surface area contributed by atoms with Gasteiger partial charge in [-0.3, -0.25) is 8.75 Å². The number of benzene rings is 1. The Hall–Kier alpha value is -1.13. The Morgan fingerprint density at radius 2 is 2.12 bits per heavy atom. The van der Waals surface area contributed by atoms with Crippen molar-refractivity contribution in [2.24, 2.45) is 0 Å². The summed E-state index contributed by atoms with van der Waals surface area (Å²) in [4.78, 5) is 12.0. The predicted molar refractivity (Wildman–Crippen MR) is 67.0 cm³/mol. The zero-order valence-electron chi connectivity index (χ0n) is 9.43. The summed E-state index contributed by atoms with van der Waals surface area (Å²) >= 11 is 1.41. The maximum absolute atomic E-state index is 12.0. The Bertz CT molecular complexity index is 553. The summed E-state index contributed by atoms with van der Waals surface area (Å²) in [6.45, 7) is 4.03. The van der Waals surface area contributed by atoms with Gasteiger partial charge in [0, 0.05) is 0 Å². The van der Waals surface area contributed by atoms with Crippen molar-refractivity contribution in [1.82, 2.24) is 3.96 Å². The topological polar surface area (TPSA) is 42.2 Å².